The molecule has 32 heavy (non-hydrogen) atoms. The summed E-state index contributed by atoms with van der Waals surface area (Å²) in [6, 6.07) is 12.6. The predicted molar refractivity (Wildman–Crippen MR) is 113 cm³/mol. The van der Waals surface area contributed by atoms with Crippen molar-refractivity contribution in [1.29, 1.82) is 0 Å². The quantitative estimate of drug-likeness (QED) is 0.537. The largest absolute Gasteiger partial charge is 0.421 e. The second-order valence-corrected chi connectivity index (χ2v) is 7.57. The summed E-state index contributed by atoms with van der Waals surface area (Å²) in [5.74, 6) is -0.323. The number of β-amino-alcohol motifs (C(OH)–C–C–N with tert-alkyl or cyclic N) is 1. The third-order valence-corrected chi connectivity index (χ3v) is 5.31. The number of pyridine rings is 1. The number of anilines is 2. The van der Waals surface area contributed by atoms with Crippen LogP contribution in [0.5, 0.6) is 0 Å². The van der Waals surface area contributed by atoms with Gasteiger partial charge in [-0.1, -0.05) is 30.3 Å². The van der Waals surface area contributed by atoms with Gasteiger partial charge in [-0.15, -0.1) is 0 Å². The number of rotatable bonds is 6. The number of aromatic nitrogens is 3. The number of hydrogen-bond acceptors (Lipinski definition) is 7. The van der Waals surface area contributed by atoms with Crippen LogP contribution >= 0.6 is 0 Å². The molecule has 3 N–H and O–H groups in total. The van der Waals surface area contributed by atoms with E-state index in [0.29, 0.717) is 6.54 Å². The second kappa shape index (κ2) is 9.09. The maximum atomic E-state index is 13.5. The highest BCUT2D eigenvalue weighted by molar-refractivity contribution is 5.59. The summed E-state index contributed by atoms with van der Waals surface area (Å²) in [6.45, 7) is -0.122. The molecule has 0 radical (unpaired) electrons. The van der Waals surface area contributed by atoms with Crippen molar-refractivity contribution in [3.05, 3.63) is 66.0 Å². The zero-order valence-electron chi connectivity index (χ0n) is 17.0. The summed E-state index contributed by atoms with van der Waals surface area (Å²) >= 11 is 0. The molecule has 0 bridgehead atoms. The normalized spacial score (nSPS) is 18.7. The van der Waals surface area contributed by atoms with Crippen LogP contribution in [0.1, 0.15) is 17.5 Å². The SMILES string of the molecule is OC[C@@H]1C[C@@H](O)CN1c1nc(NCc2ccc(-c3ccccn3)cc2)ncc1C(F)(F)F. The van der Waals surface area contributed by atoms with E-state index in [0.717, 1.165) is 23.0 Å². The predicted octanol–water partition coefficient (Wildman–Crippen LogP) is 3.10. The van der Waals surface area contributed by atoms with Gasteiger partial charge in [0.1, 0.15) is 11.4 Å². The second-order valence-electron chi connectivity index (χ2n) is 7.57. The van der Waals surface area contributed by atoms with Crippen molar-refractivity contribution in [3.63, 3.8) is 0 Å². The van der Waals surface area contributed by atoms with Gasteiger partial charge in [-0.05, 0) is 24.1 Å². The van der Waals surface area contributed by atoms with Gasteiger partial charge in [0.25, 0.3) is 0 Å². The van der Waals surface area contributed by atoms with E-state index in [9.17, 15) is 23.4 Å². The van der Waals surface area contributed by atoms with E-state index < -0.39 is 23.9 Å². The molecule has 0 spiro atoms. The highest BCUT2D eigenvalue weighted by atomic mass is 19.4. The molecule has 3 heterocycles. The molecule has 1 aliphatic heterocycles. The summed E-state index contributed by atoms with van der Waals surface area (Å²) in [5, 5.41) is 22.4. The summed E-state index contributed by atoms with van der Waals surface area (Å²) in [6.07, 6.45) is -2.89. The first-order valence-electron chi connectivity index (χ1n) is 10.1. The topological polar surface area (TPSA) is 94.4 Å². The van der Waals surface area contributed by atoms with Crippen LogP contribution in [0.2, 0.25) is 0 Å². The van der Waals surface area contributed by atoms with Gasteiger partial charge in [-0.3, -0.25) is 4.98 Å². The van der Waals surface area contributed by atoms with Crippen molar-refractivity contribution in [2.24, 2.45) is 0 Å². The Morgan fingerprint density at radius 3 is 2.53 bits per heavy atom. The van der Waals surface area contributed by atoms with E-state index in [1.54, 1.807) is 6.20 Å². The number of nitrogens with zero attached hydrogens (tertiary/aromatic N) is 4. The molecule has 1 fully saturated rings. The first-order valence-corrected chi connectivity index (χ1v) is 10.1. The van der Waals surface area contributed by atoms with Crippen molar-refractivity contribution < 1.29 is 23.4 Å². The first kappa shape index (κ1) is 22.0. The number of aliphatic hydroxyl groups excluding tert-OH is 2. The van der Waals surface area contributed by atoms with Gasteiger partial charge >= 0.3 is 6.18 Å². The average molecular weight is 445 g/mol. The highest BCUT2D eigenvalue weighted by Gasteiger charge is 2.40. The molecule has 1 aromatic carbocycles. The highest BCUT2D eigenvalue weighted by Crippen LogP contribution is 2.38. The van der Waals surface area contributed by atoms with Crippen LogP contribution in [0.15, 0.2) is 54.9 Å². The fourth-order valence-electron chi connectivity index (χ4n) is 3.71. The van der Waals surface area contributed by atoms with E-state index in [1.165, 1.54) is 4.90 Å². The van der Waals surface area contributed by atoms with Gasteiger partial charge in [0.15, 0.2) is 0 Å². The van der Waals surface area contributed by atoms with Crippen molar-refractivity contribution >= 4 is 11.8 Å². The van der Waals surface area contributed by atoms with Crippen LogP contribution in [-0.2, 0) is 12.7 Å². The number of alkyl halides is 3. The lowest BCUT2D eigenvalue weighted by Gasteiger charge is -2.26. The minimum absolute atomic E-state index is 0.0277. The molecule has 7 nitrogen and oxygen atoms in total. The van der Waals surface area contributed by atoms with E-state index in [4.69, 9.17) is 0 Å². The molecule has 0 saturated carbocycles. The molecule has 3 aromatic rings. The molecule has 4 rings (SSSR count). The molecule has 2 atom stereocenters. The van der Waals surface area contributed by atoms with E-state index in [2.05, 4.69) is 20.3 Å². The molecule has 1 saturated heterocycles. The number of halogens is 3. The summed E-state index contributed by atoms with van der Waals surface area (Å²) in [5.41, 5.74) is 1.67. The Morgan fingerprint density at radius 2 is 1.88 bits per heavy atom. The van der Waals surface area contributed by atoms with Crippen LogP contribution in [0.25, 0.3) is 11.3 Å². The standard InChI is InChI=1S/C22H22F3N5O2/c23-22(24,25)18-11-28-21(29-20(18)30-12-17(32)9-16(30)13-31)27-10-14-4-6-15(7-5-14)19-3-1-2-8-26-19/h1-8,11,16-17,31-32H,9-10,12-13H2,(H,27,28,29)/t16-,17+/m0/s1. The molecule has 10 heteroatoms. The number of benzene rings is 1. The van der Waals surface area contributed by atoms with Crippen LogP contribution in [0.3, 0.4) is 0 Å². The van der Waals surface area contributed by atoms with Crippen LogP contribution in [0, 0.1) is 0 Å². The molecular formula is C22H22F3N5O2. The summed E-state index contributed by atoms with van der Waals surface area (Å²) in [7, 11) is 0. The van der Waals surface area contributed by atoms with Crippen molar-refractivity contribution in [1.82, 2.24) is 15.0 Å². The molecule has 0 aliphatic carbocycles. The molecular weight excluding hydrogens is 423 g/mol. The Morgan fingerprint density at radius 1 is 1.09 bits per heavy atom. The Kier molecular flexibility index (Phi) is 6.24. The Bertz CT molecular complexity index is 1050. The molecule has 0 unspecified atom stereocenters. The third-order valence-electron chi connectivity index (χ3n) is 5.31. The van der Waals surface area contributed by atoms with Crippen molar-refractivity contribution in [2.75, 3.05) is 23.4 Å². The lowest BCUT2D eigenvalue weighted by atomic mass is 10.1. The smallest absolute Gasteiger partial charge is 0.394 e. The van der Waals surface area contributed by atoms with Crippen LogP contribution < -0.4 is 10.2 Å². The van der Waals surface area contributed by atoms with Gasteiger partial charge in [-0.25, -0.2) is 4.98 Å². The average Bonchev–Trinajstić information content (AvgIpc) is 3.18. The first-order chi connectivity index (χ1) is 15.3. The zero-order valence-corrected chi connectivity index (χ0v) is 17.0. The van der Waals surface area contributed by atoms with Crippen molar-refractivity contribution in [2.45, 2.75) is 31.3 Å². The van der Waals surface area contributed by atoms with Gasteiger partial charge < -0.3 is 20.4 Å². The monoisotopic (exact) mass is 445 g/mol. The fraction of sp³-hybridized carbons (Fsp3) is 0.318. The number of nitrogens with one attached hydrogen (secondary N) is 1. The number of aliphatic hydroxyl groups is 2. The molecule has 2 aromatic heterocycles. The minimum Gasteiger partial charge on any atom is -0.394 e. The lowest BCUT2D eigenvalue weighted by Crippen LogP contribution is -2.35. The third kappa shape index (κ3) is 4.81. The van der Waals surface area contributed by atoms with Gasteiger partial charge in [0, 0.05) is 31.0 Å². The summed E-state index contributed by atoms with van der Waals surface area (Å²) in [4.78, 5) is 13.5. The molecule has 0 amide bonds. The van der Waals surface area contributed by atoms with Gasteiger partial charge in [0.2, 0.25) is 5.95 Å². The Balaban J connectivity index is 1.53. The van der Waals surface area contributed by atoms with Crippen molar-refractivity contribution in [3.8, 4) is 11.3 Å². The van der Waals surface area contributed by atoms with E-state index >= 15 is 0 Å². The minimum atomic E-state index is -4.66. The number of hydrogen-bond donors (Lipinski definition) is 3. The fourth-order valence-corrected chi connectivity index (χ4v) is 3.71. The van der Waals surface area contributed by atoms with E-state index in [-0.39, 0.29) is 31.3 Å². The zero-order chi connectivity index (χ0) is 22.7. The van der Waals surface area contributed by atoms with Gasteiger partial charge in [-0.2, -0.15) is 18.2 Å². The Hall–Kier alpha value is -3.24. The maximum absolute atomic E-state index is 13.5. The van der Waals surface area contributed by atoms with Crippen LogP contribution in [0.4, 0.5) is 24.9 Å². The summed E-state index contributed by atoms with van der Waals surface area (Å²) < 4.78 is 40.6. The van der Waals surface area contributed by atoms with E-state index in [1.807, 2.05) is 42.5 Å². The Labute approximate surface area is 182 Å². The molecule has 168 valence electrons. The lowest BCUT2D eigenvalue weighted by molar-refractivity contribution is -0.137. The molecule has 1 aliphatic rings. The maximum Gasteiger partial charge on any atom is 0.421 e. The van der Waals surface area contributed by atoms with Gasteiger partial charge in [0.05, 0.1) is 24.4 Å². The van der Waals surface area contributed by atoms with Crippen LogP contribution in [-0.4, -0.2) is 50.5 Å².